The lowest BCUT2D eigenvalue weighted by molar-refractivity contribution is -0.145. The van der Waals surface area contributed by atoms with Crippen LogP contribution in [0.3, 0.4) is 0 Å². The Balaban J connectivity index is 0.00000227. The lowest BCUT2D eigenvalue weighted by atomic mass is 9.98. The Labute approximate surface area is 192 Å². The first kappa shape index (κ1) is 29.5. The van der Waals surface area contributed by atoms with Crippen molar-refractivity contribution in [1.29, 1.82) is 0 Å². The molecule has 1 aromatic carbocycles. The van der Waals surface area contributed by atoms with Gasteiger partial charge in [0, 0.05) is 39.0 Å². The second-order valence-corrected chi connectivity index (χ2v) is 7.60. The minimum Gasteiger partial charge on any atom is -0.445 e. The Bertz CT molecular complexity index is 679. The van der Waals surface area contributed by atoms with Crippen molar-refractivity contribution in [3.8, 4) is 0 Å². The van der Waals surface area contributed by atoms with Crippen LogP contribution >= 0.6 is 0 Å². The van der Waals surface area contributed by atoms with E-state index in [2.05, 4.69) is 0 Å². The molecule has 0 bridgehead atoms. The van der Waals surface area contributed by atoms with Gasteiger partial charge in [0.15, 0.2) is 0 Å². The van der Waals surface area contributed by atoms with Crippen LogP contribution < -0.4 is 0 Å². The summed E-state index contributed by atoms with van der Waals surface area (Å²) in [5.41, 5.74) is -0.283. The molecule has 0 radical (unpaired) electrons. The van der Waals surface area contributed by atoms with Crippen LogP contribution in [0.4, 0.5) is 4.79 Å². The number of rotatable bonds is 7. The van der Waals surface area contributed by atoms with Crippen LogP contribution in [0.1, 0.15) is 59.9 Å². The minimum atomic E-state index is -1.44. The van der Waals surface area contributed by atoms with Gasteiger partial charge in [0.1, 0.15) is 18.5 Å². The van der Waals surface area contributed by atoms with Gasteiger partial charge in [-0.25, -0.2) is 4.79 Å². The van der Waals surface area contributed by atoms with Gasteiger partial charge in [-0.3, -0.25) is 9.59 Å². The standard InChI is InChI=1S/C20H28N2O6.2C2H6/c1-20(2,27)13-16(23)12-17(24)18(25)21-8-10-22(11-9-21)19(26)28-14-15-6-4-3-5-7-15;2*1-2/h3-7,17,24,27H,8-14H2,1-2H3;2*1-2H3. The van der Waals surface area contributed by atoms with Crippen LogP contribution in [-0.2, 0) is 20.9 Å². The van der Waals surface area contributed by atoms with Gasteiger partial charge in [-0.2, -0.15) is 0 Å². The molecule has 1 heterocycles. The molecule has 1 aliphatic heterocycles. The zero-order valence-electron chi connectivity index (χ0n) is 20.3. The highest BCUT2D eigenvalue weighted by atomic mass is 16.6. The maximum atomic E-state index is 12.3. The second kappa shape index (κ2) is 15.4. The molecule has 0 saturated carbocycles. The lowest BCUT2D eigenvalue weighted by Crippen LogP contribution is -2.53. The van der Waals surface area contributed by atoms with Gasteiger partial charge >= 0.3 is 6.09 Å². The maximum absolute atomic E-state index is 12.3. The molecule has 2 N–H and O–H groups in total. The molecular weight excluding hydrogens is 412 g/mol. The number of amides is 2. The Morgan fingerprint density at radius 2 is 1.47 bits per heavy atom. The number of Topliss-reactive ketones (excluding diaryl/α,β-unsaturated/α-hetero) is 1. The molecule has 32 heavy (non-hydrogen) atoms. The topological polar surface area (TPSA) is 107 Å². The molecule has 8 heteroatoms. The lowest BCUT2D eigenvalue weighted by Gasteiger charge is -2.35. The molecule has 1 atom stereocenters. The van der Waals surface area contributed by atoms with E-state index >= 15 is 0 Å². The Kier molecular flexibility index (Phi) is 14.2. The average molecular weight is 453 g/mol. The van der Waals surface area contributed by atoms with Crippen molar-refractivity contribution in [3.05, 3.63) is 35.9 Å². The average Bonchev–Trinajstić information content (AvgIpc) is 2.79. The number of hydrogen-bond acceptors (Lipinski definition) is 6. The number of piperazine rings is 1. The second-order valence-electron chi connectivity index (χ2n) is 7.60. The predicted octanol–water partition coefficient (Wildman–Crippen LogP) is 3.00. The number of carbonyl (C=O) groups excluding carboxylic acids is 3. The Hall–Kier alpha value is -2.45. The summed E-state index contributed by atoms with van der Waals surface area (Å²) in [6.45, 7) is 12.3. The van der Waals surface area contributed by atoms with Crippen LogP contribution in [0.25, 0.3) is 0 Å². The van der Waals surface area contributed by atoms with Crippen LogP contribution in [0.2, 0.25) is 0 Å². The summed E-state index contributed by atoms with van der Waals surface area (Å²) in [5.74, 6) is -0.919. The minimum absolute atomic E-state index is 0.127. The first-order valence-electron chi connectivity index (χ1n) is 11.3. The first-order chi connectivity index (χ1) is 15.2. The third kappa shape index (κ3) is 11.2. The highest BCUT2D eigenvalue weighted by Gasteiger charge is 2.30. The van der Waals surface area contributed by atoms with Gasteiger partial charge in [-0.05, 0) is 19.4 Å². The van der Waals surface area contributed by atoms with Gasteiger partial charge in [0.2, 0.25) is 0 Å². The highest BCUT2D eigenvalue weighted by Crippen LogP contribution is 2.13. The van der Waals surface area contributed by atoms with Gasteiger partial charge < -0.3 is 24.7 Å². The smallest absolute Gasteiger partial charge is 0.410 e. The van der Waals surface area contributed by atoms with Gasteiger partial charge in [-0.1, -0.05) is 58.0 Å². The van der Waals surface area contributed by atoms with Gasteiger partial charge in [0.25, 0.3) is 5.91 Å². The molecule has 0 spiro atoms. The Morgan fingerprint density at radius 1 is 0.969 bits per heavy atom. The van der Waals surface area contributed by atoms with Crippen molar-refractivity contribution in [2.24, 2.45) is 0 Å². The summed E-state index contributed by atoms with van der Waals surface area (Å²) in [7, 11) is 0. The normalized spacial score (nSPS) is 14.2. The third-order valence-electron chi connectivity index (χ3n) is 4.39. The third-order valence-corrected chi connectivity index (χ3v) is 4.39. The van der Waals surface area contributed by atoms with E-state index in [1.807, 2.05) is 58.0 Å². The molecule has 0 aromatic heterocycles. The van der Waals surface area contributed by atoms with E-state index in [-0.39, 0.29) is 38.3 Å². The first-order valence-corrected chi connectivity index (χ1v) is 11.3. The molecule has 1 saturated heterocycles. The van der Waals surface area contributed by atoms with E-state index in [0.717, 1.165) is 5.56 Å². The fourth-order valence-electron chi connectivity index (χ4n) is 2.99. The molecule has 2 amide bonds. The number of ketones is 1. The van der Waals surface area contributed by atoms with Crippen molar-refractivity contribution in [2.45, 2.75) is 72.7 Å². The van der Waals surface area contributed by atoms with Crippen LogP contribution in [0, 0.1) is 0 Å². The summed E-state index contributed by atoms with van der Waals surface area (Å²) in [4.78, 5) is 39.2. The van der Waals surface area contributed by atoms with E-state index in [1.54, 1.807) is 0 Å². The van der Waals surface area contributed by atoms with E-state index in [4.69, 9.17) is 4.74 Å². The highest BCUT2D eigenvalue weighted by molar-refractivity contribution is 5.88. The summed E-state index contributed by atoms with van der Waals surface area (Å²) >= 11 is 0. The fraction of sp³-hybridized carbons (Fsp3) is 0.625. The molecule has 0 aliphatic carbocycles. The van der Waals surface area contributed by atoms with E-state index in [1.165, 1.54) is 23.6 Å². The van der Waals surface area contributed by atoms with E-state index in [0.29, 0.717) is 13.1 Å². The SMILES string of the molecule is CC.CC.CC(C)(O)CC(=O)CC(O)C(=O)N1CCN(C(=O)OCc2ccccc2)CC1. The summed E-state index contributed by atoms with van der Waals surface area (Å²) in [6.07, 6.45) is -2.34. The quantitative estimate of drug-likeness (QED) is 0.659. The van der Waals surface area contributed by atoms with Crippen molar-refractivity contribution in [1.82, 2.24) is 9.80 Å². The van der Waals surface area contributed by atoms with Gasteiger partial charge in [0.05, 0.1) is 5.60 Å². The number of carbonyl (C=O) groups is 3. The number of nitrogens with zero attached hydrogens (tertiary/aromatic N) is 2. The molecule has 1 unspecified atom stereocenters. The largest absolute Gasteiger partial charge is 0.445 e. The number of benzene rings is 1. The summed E-state index contributed by atoms with van der Waals surface area (Å²) in [5, 5.41) is 19.7. The Morgan fingerprint density at radius 3 is 1.97 bits per heavy atom. The van der Waals surface area contributed by atoms with Crippen molar-refractivity contribution in [2.75, 3.05) is 26.2 Å². The molecule has 1 aliphatic rings. The number of aliphatic hydroxyl groups is 2. The van der Waals surface area contributed by atoms with Crippen molar-refractivity contribution < 1.29 is 29.3 Å². The van der Waals surface area contributed by atoms with Crippen molar-refractivity contribution >= 4 is 17.8 Å². The molecule has 1 aromatic rings. The summed E-state index contributed by atoms with van der Waals surface area (Å²) in [6, 6.07) is 9.35. The van der Waals surface area contributed by atoms with Crippen LogP contribution in [0.5, 0.6) is 0 Å². The number of aliphatic hydroxyl groups excluding tert-OH is 1. The maximum Gasteiger partial charge on any atom is 0.410 e. The fourth-order valence-corrected chi connectivity index (χ4v) is 2.99. The van der Waals surface area contributed by atoms with E-state index in [9.17, 15) is 24.6 Å². The van der Waals surface area contributed by atoms with Gasteiger partial charge in [-0.15, -0.1) is 0 Å². The molecular formula is C24H40N2O6. The zero-order valence-corrected chi connectivity index (χ0v) is 20.3. The van der Waals surface area contributed by atoms with Crippen LogP contribution in [-0.4, -0.2) is 75.7 Å². The van der Waals surface area contributed by atoms with Crippen LogP contribution in [0.15, 0.2) is 30.3 Å². The van der Waals surface area contributed by atoms with Crippen molar-refractivity contribution in [3.63, 3.8) is 0 Å². The number of ether oxygens (including phenoxy) is 1. The zero-order chi connectivity index (χ0) is 24.7. The molecule has 1 fully saturated rings. The van der Waals surface area contributed by atoms with E-state index < -0.39 is 23.7 Å². The number of hydrogen-bond donors (Lipinski definition) is 2. The molecule has 8 nitrogen and oxygen atoms in total. The molecule has 2 rings (SSSR count). The monoisotopic (exact) mass is 452 g/mol. The predicted molar refractivity (Wildman–Crippen MR) is 124 cm³/mol. The molecule has 182 valence electrons. The summed E-state index contributed by atoms with van der Waals surface area (Å²) < 4.78 is 5.28.